The van der Waals surface area contributed by atoms with Crippen LogP contribution in [0.4, 0.5) is 5.69 Å². The van der Waals surface area contributed by atoms with Gasteiger partial charge in [0, 0.05) is 35.8 Å². The van der Waals surface area contributed by atoms with Crippen molar-refractivity contribution in [3.63, 3.8) is 0 Å². The Morgan fingerprint density at radius 3 is 2.85 bits per heavy atom. The molecule has 2 amide bonds. The molecule has 26 heavy (non-hydrogen) atoms. The van der Waals surface area contributed by atoms with Gasteiger partial charge in [-0.05, 0) is 30.3 Å². The molecule has 0 radical (unpaired) electrons. The highest BCUT2D eigenvalue weighted by molar-refractivity contribution is 7.97. The number of anilines is 1. The molecule has 1 aliphatic heterocycles. The normalized spacial score (nSPS) is 12.8. The van der Waals surface area contributed by atoms with E-state index in [0.717, 1.165) is 0 Å². The van der Waals surface area contributed by atoms with Gasteiger partial charge in [-0.1, -0.05) is 12.1 Å². The summed E-state index contributed by atoms with van der Waals surface area (Å²) in [6.07, 6.45) is 1.59. The van der Waals surface area contributed by atoms with Crippen molar-refractivity contribution in [1.82, 2.24) is 10.6 Å². The first-order valence-corrected chi connectivity index (χ1v) is 8.58. The zero-order valence-electron chi connectivity index (χ0n) is 13.9. The van der Waals surface area contributed by atoms with Crippen LogP contribution in [0.2, 0.25) is 0 Å². The number of carbonyl (C=O) groups is 2. The molecule has 0 saturated heterocycles. The number of ether oxygens (including phenoxy) is 1. The molecule has 0 spiro atoms. The highest BCUT2D eigenvalue weighted by atomic mass is 32.2. The number of carbonyl (C=O) groups excluding carboxylic acids is 2. The van der Waals surface area contributed by atoms with E-state index >= 15 is 0 Å². The molecule has 1 heterocycles. The average Bonchev–Trinajstić information content (AvgIpc) is 2.80. The second-order valence-electron chi connectivity index (χ2n) is 5.44. The van der Waals surface area contributed by atoms with Crippen molar-refractivity contribution in [2.24, 2.45) is 0 Å². The van der Waals surface area contributed by atoms with Crippen LogP contribution in [0.5, 0.6) is 11.5 Å². The number of hydrogen-bond donors (Lipinski definition) is 4. The van der Waals surface area contributed by atoms with Crippen LogP contribution in [0.1, 0.15) is 20.7 Å². The summed E-state index contributed by atoms with van der Waals surface area (Å²) in [5, 5.41) is 8.25. The molecular formula is C18H17N3O4S. The summed E-state index contributed by atoms with van der Waals surface area (Å²) in [4.78, 5) is 25.2. The molecule has 4 N–H and O–H groups in total. The van der Waals surface area contributed by atoms with Crippen molar-refractivity contribution in [3.05, 3.63) is 64.7 Å². The van der Waals surface area contributed by atoms with Gasteiger partial charge in [-0.3, -0.25) is 9.59 Å². The van der Waals surface area contributed by atoms with Gasteiger partial charge >= 0.3 is 0 Å². The van der Waals surface area contributed by atoms with Crippen LogP contribution in [0.25, 0.3) is 0 Å². The Balaban J connectivity index is 1.79. The van der Waals surface area contributed by atoms with E-state index in [1.165, 1.54) is 0 Å². The number of hydrogen-bond acceptors (Lipinski definition) is 6. The molecular weight excluding hydrogens is 354 g/mol. The van der Waals surface area contributed by atoms with E-state index in [1.807, 2.05) is 0 Å². The van der Waals surface area contributed by atoms with Crippen LogP contribution in [0, 0.1) is 0 Å². The highest BCUT2D eigenvalue weighted by Crippen LogP contribution is 2.35. The average molecular weight is 371 g/mol. The molecule has 0 aromatic heterocycles. The molecule has 134 valence electrons. The number of fused-ring (bicyclic) bond motifs is 2. The fourth-order valence-electron chi connectivity index (χ4n) is 2.45. The molecule has 0 saturated carbocycles. The van der Waals surface area contributed by atoms with Crippen molar-refractivity contribution in [3.8, 4) is 11.5 Å². The Kier molecular flexibility index (Phi) is 5.45. The lowest BCUT2D eigenvalue weighted by molar-refractivity contribution is 0.0956. The SMILES string of the molecule is CN/C=C(/CNC(=O)c1ccc2c(c1)NC(=O)c1ccccc1O2)SO. The number of benzene rings is 2. The van der Waals surface area contributed by atoms with E-state index in [1.54, 1.807) is 55.7 Å². The van der Waals surface area contributed by atoms with E-state index in [2.05, 4.69) is 16.0 Å². The fraction of sp³-hybridized carbons (Fsp3) is 0.111. The summed E-state index contributed by atoms with van der Waals surface area (Å²) in [7, 11) is 1.70. The second kappa shape index (κ2) is 7.94. The molecule has 7 nitrogen and oxygen atoms in total. The Hall–Kier alpha value is -2.97. The molecule has 2 aromatic rings. The first kappa shape index (κ1) is 17.8. The van der Waals surface area contributed by atoms with Crippen LogP contribution >= 0.6 is 12.0 Å². The third kappa shape index (κ3) is 3.81. The van der Waals surface area contributed by atoms with Crippen molar-refractivity contribution >= 4 is 29.5 Å². The van der Waals surface area contributed by atoms with Gasteiger partial charge in [0.05, 0.1) is 17.8 Å². The lowest BCUT2D eigenvalue weighted by Crippen LogP contribution is -2.25. The van der Waals surface area contributed by atoms with Gasteiger partial charge in [-0.2, -0.15) is 0 Å². The van der Waals surface area contributed by atoms with Crippen LogP contribution < -0.4 is 20.7 Å². The standard InChI is InChI=1S/C18H17N3O4S/c1-19-9-12(26-24)10-20-17(22)11-6-7-16-14(8-11)21-18(23)13-4-2-3-5-15(13)25-16/h2-9,19,24H,10H2,1H3,(H,20,22)(H,21,23)/b12-9-. The lowest BCUT2D eigenvalue weighted by Gasteiger charge is -2.10. The molecule has 0 aliphatic carbocycles. The van der Waals surface area contributed by atoms with Gasteiger partial charge in [0.15, 0.2) is 5.75 Å². The van der Waals surface area contributed by atoms with E-state index < -0.39 is 0 Å². The van der Waals surface area contributed by atoms with Gasteiger partial charge < -0.3 is 25.2 Å². The van der Waals surface area contributed by atoms with Crippen LogP contribution in [-0.2, 0) is 0 Å². The van der Waals surface area contributed by atoms with Crippen molar-refractivity contribution < 1.29 is 18.9 Å². The molecule has 0 unspecified atom stereocenters. The van der Waals surface area contributed by atoms with Gasteiger partial charge in [0.1, 0.15) is 5.75 Å². The van der Waals surface area contributed by atoms with E-state index in [4.69, 9.17) is 9.29 Å². The topological polar surface area (TPSA) is 99.7 Å². The van der Waals surface area contributed by atoms with Crippen molar-refractivity contribution in [2.75, 3.05) is 18.9 Å². The van der Waals surface area contributed by atoms with Crippen LogP contribution in [0.3, 0.4) is 0 Å². The Labute approximate surface area is 154 Å². The van der Waals surface area contributed by atoms with Gasteiger partial charge in [0.25, 0.3) is 11.8 Å². The maximum atomic E-state index is 12.3. The predicted octanol–water partition coefficient (Wildman–Crippen LogP) is 3.04. The molecule has 3 rings (SSSR count). The quantitative estimate of drug-likeness (QED) is 0.603. The molecule has 1 aliphatic rings. The summed E-state index contributed by atoms with van der Waals surface area (Å²) in [6.45, 7) is 0.173. The Bertz CT molecular complexity index is 882. The fourth-order valence-corrected chi connectivity index (χ4v) is 2.76. The zero-order chi connectivity index (χ0) is 18.5. The first-order valence-electron chi connectivity index (χ1n) is 7.80. The molecule has 2 aromatic carbocycles. The third-order valence-corrected chi connectivity index (χ3v) is 4.18. The second-order valence-corrected chi connectivity index (χ2v) is 6.14. The molecule has 0 fully saturated rings. The van der Waals surface area contributed by atoms with Crippen LogP contribution in [-0.4, -0.2) is 30.0 Å². The number of para-hydroxylation sites is 1. The summed E-state index contributed by atoms with van der Waals surface area (Å²) in [5.41, 5.74) is 1.21. The zero-order valence-corrected chi connectivity index (χ0v) is 14.7. The van der Waals surface area contributed by atoms with E-state index in [9.17, 15) is 9.59 Å². The van der Waals surface area contributed by atoms with E-state index in [-0.39, 0.29) is 18.4 Å². The maximum absolute atomic E-state index is 12.3. The summed E-state index contributed by atoms with van der Waals surface area (Å²) in [5.74, 6) is 0.289. The summed E-state index contributed by atoms with van der Waals surface area (Å²) in [6, 6.07) is 11.7. The lowest BCUT2D eigenvalue weighted by atomic mass is 10.1. The largest absolute Gasteiger partial charge is 0.454 e. The minimum absolute atomic E-state index is 0.173. The predicted molar refractivity (Wildman–Crippen MR) is 101 cm³/mol. The summed E-state index contributed by atoms with van der Waals surface area (Å²) < 4.78 is 14.9. The monoisotopic (exact) mass is 371 g/mol. The number of rotatable bonds is 5. The van der Waals surface area contributed by atoms with Gasteiger partial charge in [-0.15, -0.1) is 0 Å². The molecule has 0 atom stereocenters. The minimum Gasteiger partial charge on any atom is -0.454 e. The van der Waals surface area contributed by atoms with Gasteiger partial charge in [0.2, 0.25) is 0 Å². The smallest absolute Gasteiger partial charge is 0.259 e. The van der Waals surface area contributed by atoms with Crippen molar-refractivity contribution in [1.29, 1.82) is 0 Å². The van der Waals surface area contributed by atoms with Crippen molar-refractivity contribution in [2.45, 2.75) is 0 Å². The van der Waals surface area contributed by atoms with Gasteiger partial charge in [-0.25, -0.2) is 0 Å². The summed E-state index contributed by atoms with van der Waals surface area (Å²) >= 11 is 0.557. The number of amides is 2. The Morgan fingerprint density at radius 1 is 1.27 bits per heavy atom. The highest BCUT2D eigenvalue weighted by Gasteiger charge is 2.21. The molecule has 0 bridgehead atoms. The number of nitrogens with one attached hydrogen (secondary N) is 3. The minimum atomic E-state index is -0.333. The van der Waals surface area contributed by atoms with Crippen LogP contribution in [0.15, 0.2) is 53.6 Å². The Morgan fingerprint density at radius 2 is 2.08 bits per heavy atom. The molecule has 8 heteroatoms. The first-order chi connectivity index (χ1) is 12.6. The maximum Gasteiger partial charge on any atom is 0.259 e. The third-order valence-electron chi connectivity index (χ3n) is 3.69. The van der Waals surface area contributed by atoms with E-state index in [0.29, 0.717) is 45.3 Å².